The van der Waals surface area contributed by atoms with Crippen molar-refractivity contribution in [3.63, 3.8) is 0 Å². The Bertz CT molecular complexity index is 1420. The van der Waals surface area contributed by atoms with Gasteiger partial charge in [-0.15, -0.1) is 0 Å². The number of benzene rings is 2. The summed E-state index contributed by atoms with van der Waals surface area (Å²) in [6.45, 7) is 0.786. The lowest BCUT2D eigenvalue weighted by Gasteiger charge is -2.33. The SMILES string of the molecule is O=C(NC1CCN(c2ncnc3c2nc(-c2ccccc2Cl)n3-c2ccc(Cl)cc2)CC1)C(F)(F)F. The highest BCUT2D eigenvalue weighted by Gasteiger charge is 2.40. The van der Waals surface area contributed by atoms with Crippen molar-refractivity contribution >= 4 is 46.1 Å². The number of hydrogen-bond donors (Lipinski definition) is 1. The second kappa shape index (κ2) is 9.59. The van der Waals surface area contributed by atoms with E-state index in [-0.39, 0.29) is 0 Å². The minimum atomic E-state index is -4.90. The van der Waals surface area contributed by atoms with Gasteiger partial charge in [0, 0.05) is 35.4 Å². The fourth-order valence-corrected chi connectivity index (χ4v) is 4.62. The number of carbonyl (C=O) groups excluding carboxylic acids is 1. The Morgan fingerprint density at radius 3 is 2.36 bits per heavy atom. The number of amides is 1. The average molecular weight is 535 g/mol. The summed E-state index contributed by atoms with van der Waals surface area (Å²) >= 11 is 12.6. The zero-order valence-electron chi connectivity index (χ0n) is 18.6. The van der Waals surface area contributed by atoms with Gasteiger partial charge in [0.25, 0.3) is 0 Å². The van der Waals surface area contributed by atoms with E-state index in [9.17, 15) is 18.0 Å². The highest BCUT2D eigenvalue weighted by Crippen LogP contribution is 2.35. The topological polar surface area (TPSA) is 75.9 Å². The average Bonchev–Trinajstić information content (AvgIpc) is 3.24. The Labute approximate surface area is 213 Å². The first-order valence-corrected chi connectivity index (χ1v) is 11.8. The van der Waals surface area contributed by atoms with Gasteiger partial charge in [0.2, 0.25) is 0 Å². The number of hydrogen-bond acceptors (Lipinski definition) is 5. The molecule has 7 nitrogen and oxygen atoms in total. The van der Waals surface area contributed by atoms with Crippen molar-refractivity contribution in [1.29, 1.82) is 0 Å². The molecule has 1 aliphatic rings. The number of anilines is 1. The summed E-state index contributed by atoms with van der Waals surface area (Å²) in [5.74, 6) is -0.801. The molecule has 1 fully saturated rings. The Morgan fingerprint density at radius 2 is 1.69 bits per heavy atom. The van der Waals surface area contributed by atoms with E-state index in [1.807, 2.05) is 39.8 Å². The van der Waals surface area contributed by atoms with E-state index in [4.69, 9.17) is 28.2 Å². The third-order valence-corrected chi connectivity index (χ3v) is 6.59. The predicted octanol–water partition coefficient (Wildman–Crippen LogP) is 5.44. The van der Waals surface area contributed by atoms with Gasteiger partial charge in [-0.3, -0.25) is 9.36 Å². The summed E-state index contributed by atoms with van der Waals surface area (Å²) in [5, 5.41) is 3.16. The molecule has 36 heavy (non-hydrogen) atoms. The summed E-state index contributed by atoms with van der Waals surface area (Å²) in [6, 6.07) is 14.0. The number of nitrogens with one attached hydrogen (secondary N) is 1. The lowest BCUT2D eigenvalue weighted by Crippen LogP contribution is -2.48. The van der Waals surface area contributed by atoms with Gasteiger partial charge in [-0.2, -0.15) is 13.2 Å². The molecule has 5 rings (SSSR count). The van der Waals surface area contributed by atoms with Crippen LogP contribution in [0.4, 0.5) is 19.0 Å². The molecule has 12 heteroatoms. The molecule has 0 bridgehead atoms. The van der Waals surface area contributed by atoms with Gasteiger partial charge in [-0.25, -0.2) is 15.0 Å². The maximum Gasteiger partial charge on any atom is 0.471 e. The van der Waals surface area contributed by atoms with E-state index < -0.39 is 18.1 Å². The summed E-state index contributed by atoms with van der Waals surface area (Å²) in [7, 11) is 0. The number of carbonyl (C=O) groups is 1. The number of piperidine rings is 1. The highest BCUT2D eigenvalue weighted by atomic mass is 35.5. The zero-order chi connectivity index (χ0) is 25.4. The predicted molar refractivity (Wildman–Crippen MR) is 132 cm³/mol. The smallest absolute Gasteiger partial charge is 0.355 e. The third kappa shape index (κ3) is 4.70. The summed E-state index contributed by atoms with van der Waals surface area (Å²) in [6.07, 6.45) is -2.80. The van der Waals surface area contributed by atoms with E-state index in [0.29, 0.717) is 64.3 Å². The first-order chi connectivity index (χ1) is 17.2. The monoisotopic (exact) mass is 534 g/mol. The van der Waals surface area contributed by atoms with Crippen molar-refractivity contribution in [2.45, 2.75) is 25.1 Å². The van der Waals surface area contributed by atoms with Crippen molar-refractivity contribution < 1.29 is 18.0 Å². The fraction of sp³-hybridized carbons (Fsp3) is 0.250. The van der Waals surface area contributed by atoms with E-state index in [2.05, 4.69) is 15.3 Å². The number of rotatable bonds is 4. The van der Waals surface area contributed by atoms with Gasteiger partial charge in [0.05, 0.1) is 5.02 Å². The molecule has 2 aromatic carbocycles. The molecule has 1 N–H and O–H groups in total. The van der Waals surface area contributed by atoms with Gasteiger partial charge in [0.15, 0.2) is 17.0 Å². The van der Waals surface area contributed by atoms with Gasteiger partial charge >= 0.3 is 12.1 Å². The van der Waals surface area contributed by atoms with Crippen molar-refractivity contribution in [3.05, 3.63) is 64.9 Å². The van der Waals surface area contributed by atoms with Crippen LogP contribution in [0, 0.1) is 0 Å². The summed E-state index contributed by atoms with van der Waals surface area (Å²) < 4.78 is 39.7. The van der Waals surface area contributed by atoms with Crippen molar-refractivity contribution in [3.8, 4) is 17.1 Å². The summed E-state index contributed by atoms with van der Waals surface area (Å²) in [5.41, 5.74) is 2.55. The second-order valence-electron chi connectivity index (χ2n) is 8.33. The maximum atomic E-state index is 12.6. The molecule has 0 aliphatic carbocycles. The van der Waals surface area contributed by atoms with E-state index in [1.165, 1.54) is 6.33 Å². The molecule has 0 unspecified atom stereocenters. The largest absolute Gasteiger partial charge is 0.471 e. The molecule has 186 valence electrons. The van der Waals surface area contributed by atoms with Crippen LogP contribution >= 0.6 is 23.2 Å². The van der Waals surface area contributed by atoms with Gasteiger partial charge < -0.3 is 10.2 Å². The van der Waals surface area contributed by atoms with Crippen LogP contribution in [0.15, 0.2) is 54.9 Å². The number of halogens is 5. The third-order valence-electron chi connectivity index (χ3n) is 6.01. The van der Waals surface area contributed by atoms with Crippen molar-refractivity contribution in [2.75, 3.05) is 18.0 Å². The van der Waals surface area contributed by atoms with Crippen LogP contribution in [0.1, 0.15) is 12.8 Å². The summed E-state index contributed by atoms with van der Waals surface area (Å²) in [4.78, 5) is 27.1. The quantitative estimate of drug-likeness (QED) is 0.377. The molecule has 3 heterocycles. The molecule has 1 saturated heterocycles. The number of nitrogens with zero attached hydrogens (tertiary/aromatic N) is 5. The minimum absolute atomic E-state index is 0.336. The number of fused-ring (bicyclic) bond motifs is 1. The standard InChI is InChI=1S/C24H19Cl2F3N6O/c25-14-5-7-16(8-6-14)35-20(17-3-1-2-4-18(17)26)33-19-21(30-13-31-22(19)35)34-11-9-15(10-12-34)32-23(36)24(27,28)29/h1-8,13,15H,9-12H2,(H,32,36). The first kappa shape index (κ1) is 24.3. The zero-order valence-corrected chi connectivity index (χ0v) is 20.1. The number of alkyl halides is 3. The molecular weight excluding hydrogens is 516 g/mol. The van der Waals surface area contributed by atoms with Crippen LogP contribution < -0.4 is 10.2 Å². The highest BCUT2D eigenvalue weighted by molar-refractivity contribution is 6.33. The van der Waals surface area contributed by atoms with Crippen molar-refractivity contribution in [2.24, 2.45) is 0 Å². The molecule has 4 aromatic rings. The van der Waals surface area contributed by atoms with Crippen LogP contribution in [0.25, 0.3) is 28.2 Å². The van der Waals surface area contributed by atoms with Gasteiger partial charge in [0.1, 0.15) is 12.2 Å². The molecule has 0 saturated carbocycles. The van der Waals surface area contributed by atoms with Crippen LogP contribution in [0.3, 0.4) is 0 Å². The van der Waals surface area contributed by atoms with Crippen LogP contribution in [-0.4, -0.2) is 50.7 Å². The minimum Gasteiger partial charge on any atom is -0.355 e. The van der Waals surface area contributed by atoms with Crippen LogP contribution in [0.5, 0.6) is 0 Å². The molecule has 0 atom stereocenters. The Kier molecular flexibility index (Phi) is 6.48. The first-order valence-electron chi connectivity index (χ1n) is 11.1. The number of imidazole rings is 1. The molecule has 0 radical (unpaired) electrons. The lowest BCUT2D eigenvalue weighted by atomic mass is 10.0. The van der Waals surface area contributed by atoms with Gasteiger partial charge in [-0.1, -0.05) is 35.3 Å². The van der Waals surface area contributed by atoms with E-state index in [0.717, 1.165) is 5.69 Å². The second-order valence-corrected chi connectivity index (χ2v) is 9.17. The maximum absolute atomic E-state index is 12.6. The van der Waals surface area contributed by atoms with E-state index >= 15 is 0 Å². The van der Waals surface area contributed by atoms with E-state index in [1.54, 1.807) is 18.2 Å². The fourth-order valence-electron chi connectivity index (χ4n) is 4.27. The Hall–Kier alpha value is -3.37. The molecule has 1 amide bonds. The lowest BCUT2D eigenvalue weighted by molar-refractivity contribution is -0.174. The van der Waals surface area contributed by atoms with Crippen molar-refractivity contribution in [1.82, 2.24) is 24.8 Å². The number of aromatic nitrogens is 4. The van der Waals surface area contributed by atoms with Crippen LogP contribution in [0.2, 0.25) is 10.0 Å². The van der Waals surface area contributed by atoms with Crippen LogP contribution in [-0.2, 0) is 4.79 Å². The molecular formula is C24H19Cl2F3N6O. The van der Waals surface area contributed by atoms with Gasteiger partial charge in [-0.05, 0) is 49.2 Å². The Balaban J connectivity index is 1.53. The molecule has 2 aromatic heterocycles. The Morgan fingerprint density at radius 1 is 1.00 bits per heavy atom. The molecule has 1 aliphatic heterocycles. The normalized spacial score (nSPS) is 14.9. The molecule has 0 spiro atoms.